The number of fused-ring (bicyclic) bond motifs is 6. The molecule has 0 spiro atoms. The minimum atomic E-state index is 0.628. The van der Waals surface area contributed by atoms with Crippen LogP contribution in [0.25, 0.3) is 106 Å². The quantitative estimate of drug-likeness (QED) is 0.172. The maximum atomic E-state index is 6.81. The van der Waals surface area contributed by atoms with Gasteiger partial charge in [-0.1, -0.05) is 158 Å². The van der Waals surface area contributed by atoms with Crippen molar-refractivity contribution in [1.82, 2.24) is 19.5 Å². The molecular weight excluding hydrogens is 685 g/mol. The second kappa shape index (κ2) is 13.0. The molecule has 5 nitrogen and oxygen atoms in total. The van der Waals surface area contributed by atoms with Crippen LogP contribution in [-0.2, 0) is 0 Å². The number of aromatic nitrogens is 4. The summed E-state index contributed by atoms with van der Waals surface area (Å²) in [6, 6.07) is 67.4. The number of hydrogen-bond acceptors (Lipinski definition) is 4. The number of nitrogens with zero attached hydrogens (tertiary/aromatic N) is 4. The Balaban J connectivity index is 1.05. The summed E-state index contributed by atoms with van der Waals surface area (Å²) in [7, 11) is 0. The Bertz CT molecular complexity index is 3160. The number of benzene rings is 8. The Morgan fingerprint density at radius 3 is 1.36 bits per heavy atom. The number of para-hydroxylation sites is 3. The second-order valence-electron chi connectivity index (χ2n) is 14.0. The van der Waals surface area contributed by atoms with E-state index in [-0.39, 0.29) is 0 Å². The topological polar surface area (TPSA) is 56.7 Å². The highest BCUT2D eigenvalue weighted by molar-refractivity contribution is 6.14. The predicted molar refractivity (Wildman–Crippen MR) is 229 cm³/mol. The summed E-state index contributed by atoms with van der Waals surface area (Å²) in [5, 5.41) is 4.61. The van der Waals surface area contributed by atoms with Gasteiger partial charge in [-0.3, -0.25) is 0 Å². The van der Waals surface area contributed by atoms with E-state index in [0.29, 0.717) is 17.5 Å². The van der Waals surface area contributed by atoms with Gasteiger partial charge >= 0.3 is 0 Å². The lowest BCUT2D eigenvalue weighted by Crippen LogP contribution is -2.00. The molecule has 0 aliphatic carbocycles. The molecule has 0 unspecified atom stereocenters. The van der Waals surface area contributed by atoms with Crippen LogP contribution >= 0.6 is 0 Å². The van der Waals surface area contributed by atoms with Crippen LogP contribution in [0.1, 0.15) is 0 Å². The monoisotopic (exact) mass is 716 g/mol. The van der Waals surface area contributed by atoms with Crippen LogP contribution in [0.4, 0.5) is 0 Å². The highest BCUT2D eigenvalue weighted by atomic mass is 16.3. The van der Waals surface area contributed by atoms with Crippen LogP contribution in [0, 0.1) is 0 Å². The van der Waals surface area contributed by atoms with E-state index in [1.54, 1.807) is 0 Å². The minimum Gasteiger partial charge on any atom is -0.455 e. The van der Waals surface area contributed by atoms with Gasteiger partial charge in [0.15, 0.2) is 17.5 Å². The van der Waals surface area contributed by atoms with Crippen molar-refractivity contribution in [3.8, 4) is 62.1 Å². The Morgan fingerprint density at radius 2 is 0.768 bits per heavy atom. The lowest BCUT2D eigenvalue weighted by atomic mass is 9.99. The fourth-order valence-electron chi connectivity index (χ4n) is 8.01. The molecule has 8 aromatic carbocycles. The van der Waals surface area contributed by atoms with Crippen molar-refractivity contribution in [1.29, 1.82) is 0 Å². The van der Waals surface area contributed by atoms with Gasteiger partial charge in [0.05, 0.1) is 11.0 Å². The normalized spacial score (nSPS) is 11.6. The first-order valence-corrected chi connectivity index (χ1v) is 18.8. The van der Waals surface area contributed by atoms with Crippen molar-refractivity contribution in [2.45, 2.75) is 0 Å². The van der Waals surface area contributed by atoms with Gasteiger partial charge in [0.1, 0.15) is 11.2 Å². The molecule has 0 fully saturated rings. The average Bonchev–Trinajstić information content (AvgIpc) is 3.83. The van der Waals surface area contributed by atoms with Crippen molar-refractivity contribution >= 4 is 43.7 Å². The highest BCUT2D eigenvalue weighted by Gasteiger charge is 2.19. The van der Waals surface area contributed by atoms with Gasteiger partial charge in [0, 0.05) is 55.0 Å². The Kier molecular flexibility index (Phi) is 7.42. The van der Waals surface area contributed by atoms with Gasteiger partial charge in [-0.25, -0.2) is 15.0 Å². The molecule has 0 atom stereocenters. The Morgan fingerprint density at radius 1 is 0.321 bits per heavy atom. The van der Waals surface area contributed by atoms with Gasteiger partial charge in [-0.2, -0.15) is 0 Å². The third-order valence-electron chi connectivity index (χ3n) is 10.7. The van der Waals surface area contributed by atoms with Gasteiger partial charge in [-0.05, 0) is 47.5 Å². The fourth-order valence-corrected chi connectivity index (χ4v) is 8.01. The largest absolute Gasteiger partial charge is 0.455 e. The first-order valence-electron chi connectivity index (χ1n) is 18.8. The molecule has 262 valence electrons. The summed E-state index contributed by atoms with van der Waals surface area (Å²) in [5.41, 5.74) is 12.3. The Hall–Kier alpha value is -7.63. The SMILES string of the molecule is c1ccc(-c2nc(-c3ccccc3)nc(-c3ccc(-n4c5ccccc5c5ccc(-c6cccc7c6oc6c(-c8ccccc8)cccc67)cc54)cc3)n2)cc1. The molecule has 0 saturated carbocycles. The molecule has 11 rings (SSSR count). The summed E-state index contributed by atoms with van der Waals surface area (Å²) in [5.74, 6) is 1.91. The van der Waals surface area contributed by atoms with Crippen LogP contribution in [-0.4, -0.2) is 19.5 Å². The van der Waals surface area contributed by atoms with Crippen LogP contribution in [0.15, 0.2) is 199 Å². The fraction of sp³-hybridized carbons (Fsp3) is 0. The molecule has 0 bridgehead atoms. The Labute approximate surface area is 322 Å². The summed E-state index contributed by atoms with van der Waals surface area (Å²) in [6.07, 6.45) is 0. The third-order valence-corrected chi connectivity index (χ3v) is 10.7. The first-order chi connectivity index (χ1) is 27.8. The number of furan rings is 1. The van der Waals surface area contributed by atoms with E-state index in [4.69, 9.17) is 19.4 Å². The van der Waals surface area contributed by atoms with E-state index in [0.717, 1.165) is 77.6 Å². The predicted octanol–water partition coefficient (Wildman–Crippen LogP) is 13.2. The second-order valence-corrected chi connectivity index (χ2v) is 14.0. The van der Waals surface area contributed by atoms with Crippen LogP contribution in [0.5, 0.6) is 0 Å². The van der Waals surface area contributed by atoms with Crippen molar-refractivity contribution in [2.75, 3.05) is 0 Å². The smallest absolute Gasteiger partial charge is 0.164 e. The third kappa shape index (κ3) is 5.29. The molecule has 5 heteroatoms. The van der Waals surface area contributed by atoms with Crippen molar-refractivity contribution in [3.05, 3.63) is 194 Å². The summed E-state index contributed by atoms with van der Waals surface area (Å²) < 4.78 is 9.16. The lowest BCUT2D eigenvalue weighted by molar-refractivity contribution is 0.671. The van der Waals surface area contributed by atoms with E-state index < -0.39 is 0 Å². The average molecular weight is 717 g/mol. The van der Waals surface area contributed by atoms with Crippen LogP contribution in [0.3, 0.4) is 0 Å². The van der Waals surface area contributed by atoms with E-state index in [1.807, 2.05) is 66.7 Å². The molecule has 3 aromatic heterocycles. The summed E-state index contributed by atoms with van der Waals surface area (Å²) in [6.45, 7) is 0. The molecule has 56 heavy (non-hydrogen) atoms. The minimum absolute atomic E-state index is 0.628. The lowest BCUT2D eigenvalue weighted by Gasteiger charge is -2.11. The standard InChI is InChI=1S/C51H32N4O/c1-4-14-33(15-5-1)39-21-12-23-43-44-24-13-22-40(48(44)56-47(39)43)37-28-31-42-41-20-10-11-25-45(41)55(46(42)32-37)38-29-26-36(27-30-38)51-53-49(34-16-6-2-7-17-34)52-50(54-51)35-18-8-3-9-19-35/h1-32H. The molecule has 0 N–H and O–H groups in total. The van der Waals surface area contributed by atoms with Gasteiger partial charge in [0.2, 0.25) is 0 Å². The molecule has 0 radical (unpaired) electrons. The molecule has 0 amide bonds. The maximum absolute atomic E-state index is 6.81. The summed E-state index contributed by atoms with van der Waals surface area (Å²) >= 11 is 0. The zero-order valence-corrected chi connectivity index (χ0v) is 30.2. The van der Waals surface area contributed by atoms with E-state index in [2.05, 4.69) is 132 Å². The van der Waals surface area contributed by atoms with Crippen LogP contribution in [0.2, 0.25) is 0 Å². The molecule has 0 saturated heterocycles. The maximum Gasteiger partial charge on any atom is 0.164 e. The zero-order valence-electron chi connectivity index (χ0n) is 30.2. The highest BCUT2D eigenvalue weighted by Crippen LogP contribution is 2.41. The van der Waals surface area contributed by atoms with Crippen LogP contribution < -0.4 is 0 Å². The number of rotatable bonds is 6. The van der Waals surface area contributed by atoms with Crippen molar-refractivity contribution < 1.29 is 4.42 Å². The zero-order chi connectivity index (χ0) is 37.0. The molecule has 0 aliphatic rings. The summed E-state index contributed by atoms with van der Waals surface area (Å²) in [4.78, 5) is 14.8. The van der Waals surface area contributed by atoms with Crippen molar-refractivity contribution in [2.24, 2.45) is 0 Å². The molecule has 11 aromatic rings. The molecule has 3 heterocycles. The number of hydrogen-bond donors (Lipinski definition) is 0. The van der Waals surface area contributed by atoms with E-state index in [9.17, 15) is 0 Å². The van der Waals surface area contributed by atoms with Gasteiger partial charge < -0.3 is 8.98 Å². The van der Waals surface area contributed by atoms with Gasteiger partial charge in [-0.15, -0.1) is 0 Å². The van der Waals surface area contributed by atoms with E-state index in [1.165, 1.54) is 10.8 Å². The van der Waals surface area contributed by atoms with E-state index >= 15 is 0 Å². The molecular formula is C51H32N4O. The molecule has 0 aliphatic heterocycles. The first kappa shape index (κ1) is 31.9. The van der Waals surface area contributed by atoms with Crippen molar-refractivity contribution in [3.63, 3.8) is 0 Å². The van der Waals surface area contributed by atoms with Gasteiger partial charge in [0.25, 0.3) is 0 Å².